The van der Waals surface area contributed by atoms with Gasteiger partial charge in [0.15, 0.2) is 0 Å². The maximum absolute atomic E-state index is 12.8. The van der Waals surface area contributed by atoms with Crippen molar-refractivity contribution in [2.24, 2.45) is 24.6 Å². The van der Waals surface area contributed by atoms with Crippen LogP contribution in [0, 0.1) is 11.8 Å². The van der Waals surface area contributed by atoms with Crippen molar-refractivity contribution in [2.45, 2.75) is 32.8 Å². The van der Waals surface area contributed by atoms with Crippen molar-refractivity contribution in [1.82, 2.24) is 14.7 Å². The number of carbonyl (C=O) groups excluding carboxylic acids is 1. The van der Waals surface area contributed by atoms with E-state index in [2.05, 4.69) is 18.9 Å². The van der Waals surface area contributed by atoms with E-state index in [1.165, 1.54) is 0 Å². The Hall–Kier alpha value is -1.40. The summed E-state index contributed by atoms with van der Waals surface area (Å²) >= 11 is 0. The minimum atomic E-state index is -0.501. The van der Waals surface area contributed by atoms with Crippen LogP contribution in [-0.2, 0) is 22.2 Å². The summed E-state index contributed by atoms with van der Waals surface area (Å²) in [4.78, 5) is 14.7. The van der Waals surface area contributed by atoms with Gasteiger partial charge in [-0.15, -0.1) is 0 Å². The van der Waals surface area contributed by atoms with E-state index in [4.69, 9.17) is 10.5 Å². The smallest absolute Gasteiger partial charge is 0.227 e. The van der Waals surface area contributed by atoms with Gasteiger partial charge in [-0.1, -0.05) is 13.8 Å². The van der Waals surface area contributed by atoms with Gasteiger partial charge in [-0.2, -0.15) is 5.10 Å². The van der Waals surface area contributed by atoms with Gasteiger partial charge in [0.05, 0.1) is 25.3 Å². The van der Waals surface area contributed by atoms with Crippen LogP contribution in [0.25, 0.3) is 0 Å². The van der Waals surface area contributed by atoms with Gasteiger partial charge in [0.1, 0.15) is 5.60 Å². The molecule has 0 bridgehead atoms. The molecule has 124 valence electrons. The van der Waals surface area contributed by atoms with E-state index in [0.29, 0.717) is 32.2 Å². The number of rotatable bonds is 5. The number of morpholine rings is 1. The predicted molar refractivity (Wildman–Crippen MR) is 85.1 cm³/mol. The third-order valence-corrected chi connectivity index (χ3v) is 4.29. The average Bonchev–Trinajstić information content (AvgIpc) is 2.91. The lowest BCUT2D eigenvalue weighted by Gasteiger charge is -2.41. The first-order valence-corrected chi connectivity index (χ1v) is 7.97. The van der Waals surface area contributed by atoms with Crippen LogP contribution >= 0.6 is 0 Å². The first-order chi connectivity index (χ1) is 10.4. The molecule has 2 N–H and O–H groups in total. The van der Waals surface area contributed by atoms with Crippen molar-refractivity contribution in [3.8, 4) is 0 Å². The quantitative estimate of drug-likeness (QED) is 0.884. The monoisotopic (exact) mass is 308 g/mol. The summed E-state index contributed by atoms with van der Waals surface area (Å²) in [5, 5.41) is 4.21. The van der Waals surface area contributed by atoms with Crippen LogP contribution in [0.4, 0.5) is 0 Å². The molecule has 1 amide bonds. The number of aryl methyl sites for hydroxylation is 1. The number of ether oxygens (including phenoxy) is 1. The normalized spacial score (nSPS) is 23.8. The highest BCUT2D eigenvalue weighted by atomic mass is 16.5. The minimum Gasteiger partial charge on any atom is -0.367 e. The van der Waals surface area contributed by atoms with Crippen molar-refractivity contribution in [3.05, 3.63) is 18.0 Å². The molecular weight excluding hydrogens is 280 g/mol. The lowest BCUT2D eigenvalue weighted by Crippen LogP contribution is -2.52. The van der Waals surface area contributed by atoms with E-state index in [0.717, 1.165) is 12.0 Å². The molecular formula is C16H28N4O2. The van der Waals surface area contributed by atoms with Crippen LogP contribution in [0.3, 0.4) is 0 Å². The lowest BCUT2D eigenvalue weighted by atomic mass is 9.93. The molecule has 0 unspecified atom stereocenters. The molecule has 1 aromatic rings. The van der Waals surface area contributed by atoms with E-state index >= 15 is 0 Å². The number of nitrogens with zero attached hydrogens (tertiary/aromatic N) is 3. The molecule has 1 aliphatic rings. The Labute approximate surface area is 132 Å². The topological polar surface area (TPSA) is 73.4 Å². The second-order valence-corrected chi connectivity index (χ2v) is 6.80. The molecule has 0 spiro atoms. The van der Waals surface area contributed by atoms with Crippen molar-refractivity contribution in [1.29, 1.82) is 0 Å². The van der Waals surface area contributed by atoms with Gasteiger partial charge in [-0.05, 0) is 19.3 Å². The number of carbonyl (C=O) groups is 1. The summed E-state index contributed by atoms with van der Waals surface area (Å²) in [5.41, 5.74) is 6.32. The highest BCUT2D eigenvalue weighted by Crippen LogP contribution is 2.30. The maximum Gasteiger partial charge on any atom is 0.227 e. The first kappa shape index (κ1) is 17.0. The van der Waals surface area contributed by atoms with Crippen LogP contribution < -0.4 is 5.73 Å². The maximum atomic E-state index is 12.8. The second kappa shape index (κ2) is 6.79. The van der Waals surface area contributed by atoms with E-state index in [9.17, 15) is 4.79 Å². The fourth-order valence-electron chi connectivity index (χ4n) is 3.05. The fraction of sp³-hybridized carbons (Fsp3) is 0.750. The molecule has 1 aliphatic heterocycles. The third kappa shape index (κ3) is 3.67. The van der Waals surface area contributed by atoms with Crippen LogP contribution in [-0.4, -0.2) is 46.8 Å². The van der Waals surface area contributed by atoms with Gasteiger partial charge in [0.25, 0.3) is 0 Å². The Kier molecular flexibility index (Phi) is 5.24. The standard InChI is InChI=1S/C16H28N4O2/c1-12(2)7-13(8-17)15(21)20-5-6-22-16(3,11-20)14-9-18-19(4)10-14/h9-10,12-13H,5-8,11,17H2,1-4H3/t13-,16+/m0/s1. The zero-order valence-electron chi connectivity index (χ0n) is 14.1. The Balaban J connectivity index is 2.11. The summed E-state index contributed by atoms with van der Waals surface area (Å²) < 4.78 is 7.72. The molecule has 2 heterocycles. The summed E-state index contributed by atoms with van der Waals surface area (Å²) in [6.07, 6.45) is 4.58. The SMILES string of the molecule is CC(C)C[C@@H](CN)C(=O)N1CCO[C@@](C)(c2cnn(C)c2)C1. The molecule has 2 atom stereocenters. The molecule has 1 aromatic heterocycles. The molecule has 1 saturated heterocycles. The molecule has 0 saturated carbocycles. The van der Waals surface area contributed by atoms with Crippen LogP contribution in [0.1, 0.15) is 32.8 Å². The summed E-state index contributed by atoms with van der Waals surface area (Å²) in [6, 6.07) is 0. The highest BCUT2D eigenvalue weighted by Gasteiger charge is 2.38. The minimum absolute atomic E-state index is 0.101. The van der Waals surface area contributed by atoms with Crippen LogP contribution in [0.2, 0.25) is 0 Å². The predicted octanol–water partition coefficient (Wildman–Crippen LogP) is 1.12. The molecule has 22 heavy (non-hydrogen) atoms. The first-order valence-electron chi connectivity index (χ1n) is 7.97. The molecule has 6 heteroatoms. The van der Waals surface area contributed by atoms with Crippen molar-refractivity contribution < 1.29 is 9.53 Å². The van der Waals surface area contributed by atoms with Gasteiger partial charge < -0.3 is 15.4 Å². The van der Waals surface area contributed by atoms with Crippen molar-refractivity contribution in [3.63, 3.8) is 0 Å². The molecule has 0 aromatic carbocycles. The largest absolute Gasteiger partial charge is 0.367 e. The second-order valence-electron chi connectivity index (χ2n) is 6.80. The number of hydrogen-bond acceptors (Lipinski definition) is 4. The Bertz CT molecular complexity index is 514. The number of amides is 1. The zero-order chi connectivity index (χ0) is 16.3. The molecule has 6 nitrogen and oxygen atoms in total. The Morgan fingerprint density at radius 1 is 1.55 bits per heavy atom. The molecule has 0 aliphatic carbocycles. The van der Waals surface area contributed by atoms with Gasteiger partial charge in [0.2, 0.25) is 5.91 Å². The van der Waals surface area contributed by atoms with Crippen molar-refractivity contribution in [2.75, 3.05) is 26.2 Å². The Morgan fingerprint density at radius 2 is 2.27 bits per heavy atom. The van der Waals surface area contributed by atoms with E-state index < -0.39 is 5.60 Å². The molecule has 0 radical (unpaired) electrons. The van der Waals surface area contributed by atoms with Gasteiger partial charge in [-0.3, -0.25) is 9.48 Å². The summed E-state index contributed by atoms with van der Waals surface area (Å²) in [6.45, 7) is 8.37. The fourth-order valence-corrected chi connectivity index (χ4v) is 3.05. The van der Waals surface area contributed by atoms with E-state index in [1.807, 2.05) is 31.3 Å². The average molecular weight is 308 g/mol. The van der Waals surface area contributed by atoms with Crippen molar-refractivity contribution >= 4 is 5.91 Å². The van der Waals surface area contributed by atoms with Crippen LogP contribution in [0.15, 0.2) is 12.4 Å². The van der Waals surface area contributed by atoms with Gasteiger partial charge >= 0.3 is 0 Å². The number of aromatic nitrogens is 2. The zero-order valence-corrected chi connectivity index (χ0v) is 14.1. The number of hydrogen-bond donors (Lipinski definition) is 1. The molecule has 1 fully saturated rings. The Morgan fingerprint density at radius 3 is 2.82 bits per heavy atom. The third-order valence-electron chi connectivity index (χ3n) is 4.29. The van der Waals surface area contributed by atoms with E-state index in [1.54, 1.807) is 4.68 Å². The summed E-state index contributed by atoms with van der Waals surface area (Å²) in [7, 11) is 1.88. The van der Waals surface area contributed by atoms with Gasteiger partial charge in [-0.25, -0.2) is 0 Å². The highest BCUT2D eigenvalue weighted by molar-refractivity contribution is 5.79. The summed E-state index contributed by atoms with van der Waals surface area (Å²) in [5.74, 6) is 0.508. The van der Waals surface area contributed by atoms with E-state index in [-0.39, 0.29) is 11.8 Å². The van der Waals surface area contributed by atoms with Gasteiger partial charge in [0, 0.05) is 31.9 Å². The molecule has 2 rings (SSSR count). The number of nitrogens with two attached hydrogens (primary N) is 1. The van der Waals surface area contributed by atoms with Crippen LogP contribution in [0.5, 0.6) is 0 Å². The lowest BCUT2D eigenvalue weighted by molar-refractivity contribution is -0.153.